The topological polar surface area (TPSA) is 83.6 Å². The van der Waals surface area contributed by atoms with E-state index >= 15 is 0 Å². The SMILES string of the molecule is CN=C(NCc1ccn[nH]1)NCC(C)Oc1ccccc1OC. The van der Waals surface area contributed by atoms with E-state index in [0.717, 1.165) is 17.2 Å². The molecule has 1 aromatic carbocycles. The molecule has 1 heterocycles. The Labute approximate surface area is 136 Å². The van der Waals surface area contributed by atoms with Crippen LogP contribution in [-0.4, -0.2) is 43.0 Å². The minimum absolute atomic E-state index is 0.0444. The number of aromatic amines is 1. The van der Waals surface area contributed by atoms with Crippen LogP contribution in [0.2, 0.25) is 0 Å². The van der Waals surface area contributed by atoms with Gasteiger partial charge in [0.1, 0.15) is 6.10 Å². The summed E-state index contributed by atoms with van der Waals surface area (Å²) in [6.45, 7) is 3.23. The Kier molecular flexibility index (Phi) is 6.28. The number of H-pyrrole nitrogens is 1. The molecule has 3 N–H and O–H groups in total. The average molecular weight is 317 g/mol. The van der Waals surface area contributed by atoms with Crippen molar-refractivity contribution in [3.63, 3.8) is 0 Å². The molecule has 0 aliphatic heterocycles. The van der Waals surface area contributed by atoms with Crippen LogP contribution in [0.3, 0.4) is 0 Å². The molecule has 7 nitrogen and oxygen atoms in total. The summed E-state index contributed by atoms with van der Waals surface area (Å²) in [6.07, 6.45) is 1.67. The molecule has 0 aliphatic carbocycles. The van der Waals surface area contributed by atoms with Crippen LogP contribution in [-0.2, 0) is 6.54 Å². The summed E-state index contributed by atoms with van der Waals surface area (Å²) < 4.78 is 11.2. The van der Waals surface area contributed by atoms with Gasteiger partial charge in [-0.2, -0.15) is 5.10 Å². The van der Waals surface area contributed by atoms with Gasteiger partial charge in [0.05, 0.1) is 25.9 Å². The number of hydrogen-bond acceptors (Lipinski definition) is 4. The van der Waals surface area contributed by atoms with Gasteiger partial charge < -0.3 is 20.1 Å². The van der Waals surface area contributed by atoms with Crippen LogP contribution < -0.4 is 20.1 Å². The summed E-state index contributed by atoms with van der Waals surface area (Å²) in [7, 11) is 3.36. The largest absolute Gasteiger partial charge is 0.493 e. The number of ether oxygens (including phenoxy) is 2. The number of aliphatic imine (C=N–C) groups is 1. The molecule has 23 heavy (non-hydrogen) atoms. The van der Waals surface area contributed by atoms with E-state index in [1.54, 1.807) is 20.4 Å². The van der Waals surface area contributed by atoms with Gasteiger partial charge in [-0.05, 0) is 25.1 Å². The molecular formula is C16H23N5O2. The van der Waals surface area contributed by atoms with Crippen molar-refractivity contribution < 1.29 is 9.47 Å². The highest BCUT2D eigenvalue weighted by Gasteiger charge is 2.09. The molecule has 0 spiro atoms. The summed E-state index contributed by atoms with van der Waals surface area (Å²) in [4.78, 5) is 4.18. The van der Waals surface area contributed by atoms with Crippen molar-refractivity contribution in [1.29, 1.82) is 0 Å². The van der Waals surface area contributed by atoms with E-state index in [0.29, 0.717) is 19.0 Å². The lowest BCUT2D eigenvalue weighted by Gasteiger charge is -2.18. The Morgan fingerprint density at radius 1 is 1.26 bits per heavy atom. The third-order valence-electron chi connectivity index (χ3n) is 3.18. The second kappa shape index (κ2) is 8.67. The van der Waals surface area contributed by atoms with Crippen molar-refractivity contribution in [2.24, 2.45) is 4.99 Å². The van der Waals surface area contributed by atoms with Crippen molar-refractivity contribution in [3.8, 4) is 11.5 Å². The molecule has 0 aliphatic rings. The van der Waals surface area contributed by atoms with E-state index in [2.05, 4.69) is 25.8 Å². The lowest BCUT2D eigenvalue weighted by Crippen LogP contribution is -2.41. The Bertz CT molecular complexity index is 613. The first-order valence-corrected chi connectivity index (χ1v) is 7.45. The van der Waals surface area contributed by atoms with Gasteiger partial charge >= 0.3 is 0 Å². The zero-order valence-corrected chi connectivity index (χ0v) is 13.7. The smallest absolute Gasteiger partial charge is 0.191 e. The van der Waals surface area contributed by atoms with Gasteiger partial charge in [0.15, 0.2) is 17.5 Å². The highest BCUT2D eigenvalue weighted by molar-refractivity contribution is 5.79. The fraction of sp³-hybridized carbons (Fsp3) is 0.375. The highest BCUT2D eigenvalue weighted by Crippen LogP contribution is 2.26. The lowest BCUT2D eigenvalue weighted by atomic mass is 10.3. The zero-order valence-electron chi connectivity index (χ0n) is 13.7. The van der Waals surface area contributed by atoms with Gasteiger partial charge in [-0.3, -0.25) is 10.1 Å². The molecule has 0 radical (unpaired) electrons. The normalized spacial score (nSPS) is 12.6. The van der Waals surface area contributed by atoms with Gasteiger partial charge in [-0.15, -0.1) is 0 Å². The summed E-state index contributed by atoms with van der Waals surface area (Å²) in [5, 5.41) is 13.2. The Hall–Kier alpha value is -2.70. The fourth-order valence-electron chi connectivity index (χ4n) is 2.00. The molecule has 0 saturated heterocycles. The molecule has 124 valence electrons. The van der Waals surface area contributed by atoms with Crippen molar-refractivity contribution in [2.75, 3.05) is 20.7 Å². The molecule has 1 atom stereocenters. The molecule has 1 unspecified atom stereocenters. The Morgan fingerprint density at radius 3 is 2.70 bits per heavy atom. The van der Waals surface area contributed by atoms with E-state index in [-0.39, 0.29) is 6.10 Å². The monoisotopic (exact) mass is 317 g/mol. The predicted molar refractivity (Wildman–Crippen MR) is 89.9 cm³/mol. The number of para-hydroxylation sites is 2. The fourth-order valence-corrected chi connectivity index (χ4v) is 2.00. The maximum absolute atomic E-state index is 5.90. The lowest BCUT2D eigenvalue weighted by molar-refractivity contribution is 0.213. The number of rotatable bonds is 7. The van der Waals surface area contributed by atoms with E-state index in [4.69, 9.17) is 9.47 Å². The molecule has 0 amide bonds. The Morgan fingerprint density at radius 2 is 2.04 bits per heavy atom. The van der Waals surface area contributed by atoms with Gasteiger partial charge in [0, 0.05) is 13.2 Å². The summed E-state index contributed by atoms with van der Waals surface area (Å²) >= 11 is 0. The van der Waals surface area contributed by atoms with Crippen LogP contribution in [0.1, 0.15) is 12.6 Å². The van der Waals surface area contributed by atoms with E-state index in [1.165, 1.54) is 0 Å². The van der Waals surface area contributed by atoms with E-state index in [9.17, 15) is 0 Å². The first-order valence-electron chi connectivity index (χ1n) is 7.45. The standard InChI is InChI=1S/C16H23N5O2/c1-12(23-15-7-5-4-6-14(15)22-3)10-18-16(17-2)19-11-13-8-9-20-21-13/h4-9,12H,10-11H2,1-3H3,(H,20,21)(H2,17,18,19). The van der Waals surface area contributed by atoms with E-state index in [1.807, 2.05) is 37.3 Å². The number of guanidine groups is 1. The third kappa shape index (κ3) is 5.21. The molecule has 2 aromatic rings. The average Bonchev–Trinajstić information content (AvgIpc) is 3.09. The van der Waals surface area contributed by atoms with E-state index < -0.39 is 0 Å². The highest BCUT2D eigenvalue weighted by atomic mass is 16.5. The van der Waals surface area contributed by atoms with Gasteiger partial charge in [-0.25, -0.2) is 0 Å². The maximum atomic E-state index is 5.90. The third-order valence-corrected chi connectivity index (χ3v) is 3.18. The minimum atomic E-state index is -0.0444. The van der Waals surface area contributed by atoms with Gasteiger partial charge in [0.2, 0.25) is 0 Å². The quantitative estimate of drug-likeness (QED) is 0.533. The van der Waals surface area contributed by atoms with Crippen LogP contribution in [0.4, 0.5) is 0 Å². The molecule has 2 rings (SSSR count). The summed E-state index contributed by atoms with van der Waals surface area (Å²) in [6, 6.07) is 9.51. The van der Waals surface area contributed by atoms with Gasteiger partial charge in [0.25, 0.3) is 0 Å². The predicted octanol–water partition coefficient (Wildman–Crippen LogP) is 1.55. The number of hydrogen-bond donors (Lipinski definition) is 3. The Balaban J connectivity index is 1.79. The van der Waals surface area contributed by atoms with Crippen LogP contribution in [0.5, 0.6) is 11.5 Å². The maximum Gasteiger partial charge on any atom is 0.191 e. The van der Waals surface area contributed by atoms with Crippen molar-refractivity contribution in [3.05, 3.63) is 42.2 Å². The summed E-state index contributed by atoms with van der Waals surface area (Å²) in [5.74, 6) is 2.15. The molecule has 0 fully saturated rings. The molecule has 0 saturated carbocycles. The minimum Gasteiger partial charge on any atom is -0.493 e. The zero-order chi connectivity index (χ0) is 16.5. The van der Waals surface area contributed by atoms with Crippen LogP contribution in [0.15, 0.2) is 41.5 Å². The number of nitrogens with zero attached hydrogens (tertiary/aromatic N) is 2. The molecule has 7 heteroatoms. The first-order chi connectivity index (χ1) is 11.2. The number of aromatic nitrogens is 2. The second-order valence-electron chi connectivity index (χ2n) is 4.97. The van der Waals surface area contributed by atoms with Crippen molar-refractivity contribution in [2.45, 2.75) is 19.6 Å². The first kappa shape index (κ1) is 16.7. The van der Waals surface area contributed by atoms with Crippen molar-refractivity contribution >= 4 is 5.96 Å². The van der Waals surface area contributed by atoms with Crippen LogP contribution in [0, 0.1) is 0 Å². The van der Waals surface area contributed by atoms with Crippen LogP contribution in [0.25, 0.3) is 0 Å². The molecular weight excluding hydrogens is 294 g/mol. The second-order valence-corrected chi connectivity index (χ2v) is 4.97. The summed E-state index contributed by atoms with van der Waals surface area (Å²) in [5.41, 5.74) is 0.992. The van der Waals surface area contributed by atoms with Gasteiger partial charge in [-0.1, -0.05) is 12.1 Å². The molecule has 0 bridgehead atoms. The molecule has 1 aromatic heterocycles. The number of benzene rings is 1. The van der Waals surface area contributed by atoms with Crippen molar-refractivity contribution in [1.82, 2.24) is 20.8 Å². The number of methoxy groups -OCH3 is 1. The number of nitrogens with one attached hydrogen (secondary N) is 3. The van der Waals surface area contributed by atoms with Crippen LogP contribution >= 0.6 is 0 Å².